The lowest BCUT2D eigenvalue weighted by atomic mass is 10.2. The van der Waals surface area contributed by atoms with Crippen molar-refractivity contribution in [3.63, 3.8) is 0 Å². The quantitative estimate of drug-likeness (QED) is 0.699. The van der Waals surface area contributed by atoms with Crippen LogP contribution in [0, 0.1) is 0 Å². The van der Waals surface area contributed by atoms with Crippen molar-refractivity contribution in [3.8, 4) is 5.75 Å². The summed E-state index contributed by atoms with van der Waals surface area (Å²) in [6.45, 7) is -0.283. The van der Waals surface area contributed by atoms with Gasteiger partial charge >= 0.3 is 6.36 Å². The third kappa shape index (κ3) is 6.38. The molecule has 0 saturated carbocycles. The number of hydrogen-bond donors (Lipinski definition) is 2. The van der Waals surface area contributed by atoms with Crippen LogP contribution in [0.4, 0.5) is 24.5 Å². The minimum absolute atomic E-state index is 0.0852. The average molecular weight is 453 g/mol. The van der Waals surface area contributed by atoms with Crippen LogP contribution >= 0.6 is 11.8 Å². The van der Waals surface area contributed by atoms with E-state index >= 15 is 0 Å². The number of hydrogen-bond acceptors (Lipinski definition) is 5. The molecule has 7 nitrogen and oxygen atoms in total. The van der Waals surface area contributed by atoms with E-state index in [0.717, 1.165) is 17.0 Å². The summed E-state index contributed by atoms with van der Waals surface area (Å²) in [6.07, 6.45) is -4.89. The first-order valence-corrected chi connectivity index (χ1v) is 9.95. The Kier molecular flexibility index (Phi) is 6.74. The molecule has 0 spiro atoms. The van der Waals surface area contributed by atoms with E-state index in [4.69, 9.17) is 0 Å². The monoisotopic (exact) mass is 453 g/mol. The number of nitrogens with zero attached hydrogens (tertiary/aromatic N) is 1. The van der Waals surface area contributed by atoms with Gasteiger partial charge in [-0.1, -0.05) is 12.1 Å². The summed E-state index contributed by atoms with van der Waals surface area (Å²) in [6, 6.07) is 11.9. The fourth-order valence-corrected chi connectivity index (χ4v) is 3.89. The van der Waals surface area contributed by atoms with E-state index in [2.05, 4.69) is 15.4 Å². The molecule has 0 radical (unpaired) electrons. The second-order valence-corrected chi connectivity index (χ2v) is 7.91. The van der Waals surface area contributed by atoms with Gasteiger partial charge in [-0.15, -0.1) is 24.9 Å². The Hall–Kier alpha value is -3.21. The van der Waals surface area contributed by atoms with Crippen molar-refractivity contribution in [2.45, 2.75) is 22.9 Å². The zero-order valence-electron chi connectivity index (χ0n) is 16.2. The first-order chi connectivity index (χ1) is 14.6. The van der Waals surface area contributed by atoms with Crippen molar-refractivity contribution in [2.24, 2.45) is 0 Å². The van der Waals surface area contributed by atoms with E-state index in [1.165, 1.54) is 35.8 Å². The highest BCUT2D eigenvalue weighted by Gasteiger charge is 2.31. The van der Waals surface area contributed by atoms with Crippen LogP contribution in [-0.2, 0) is 14.4 Å². The molecule has 1 aliphatic heterocycles. The summed E-state index contributed by atoms with van der Waals surface area (Å²) >= 11 is 1.29. The molecule has 3 rings (SSSR count). The van der Waals surface area contributed by atoms with Crippen LogP contribution in [0.25, 0.3) is 0 Å². The molecule has 11 heteroatoms. The van der Waals surface area contributed by atoms with Gasteiger partial charge in [0.25, 0.3) is 0 Å². The lowest BCUT2D eigenvalue weighted by molar-refractivity contribution is -0.274. The second-order valence-electron chi connectivity index (χ2n) is 6.67. The summed E-state index contributed by atoms with van der Waals surface area (Å²) in [4.78, 5) is 38.9. The van der Waals surface area contributed by atoms with Gasteiger partial charge in [0.2, 0.25) is 17.7 Å². The number of thioether (sulfide) groups is 1. The molecule has 0 aromatic heterocycles. The molecule has 0 fully saturated rings. The van der Waals surface area contributed by atoms with Crippen molar-refractivity contribution >= 4 is 40.9 Å². The van der Waals surface area contributed by atoms with Crippen molar-refractivity contribution in [1.29, 1.82) is 0 Å². The summed E-state index contributed by atoms with van der Waals surface area (Å²) in [5.41, 5.74) is 0.944. The fraction of sp³-hybridized carbons (Fsp3) is 0.250. The number of rotatable bonds is 6. The fourth-order valence-electron chi connectivity index (χ4n) is 2.79. The summed E-state index contributed by atoms with van der Waals surface area (Å²) in [7, 11) is 1.43. The number of anilines is 2. The normalized spacial score (nSPS) is 15.5. The summed E-state index contributed by atoms with van der Waals surface area (Å²) in [5.74, 6) is -1.62. The number of carbonyl (C=O) groups is 3. The molecular weight excluding hydrogens is 435 g/mol. The summed E-state index contributed by atoms with van der Waals surface area (Å²) in [5, 5.41) is 4.63. The second kappa shape index (κ2) is 9.29. The van der Waals surface area contributed by atoms with Crippen LogP contribution in [0.1, 0.15) is 6.42 Å². The number of halogens is 3. The largest absolute Gasteiger partial charge is 0.573 e. The maximum absolute atomic E-state index is 12.5. The molecule has 31 heavy (non-hydrogen) atoms. The number of alkyl halides is 3. The van der Waals surface area contributed by atoms with E-state index in [0.29, 0.717) is 5.69 Å². The SMILES string of the molecule is CN(CC(=O)Nc1ccc(OC(F)(F)F)cc1)C(=O)CC1Sc2ccccc2NC1=O. The molecule has 0 aliphatic carbocycles. The molecule has 1 unspecified atom stereocenters. The molecule has 164 valence electrons. The molecule has 3 amide bonds. The lowest BCUT2D eigenvalue weighted by Gasteiger charge is -2.25. The van der Waals surface area contributed by atoms with Crippen LogP contribution in [0.3, 0.4) is 0 Å². The van der Waals surface area contributed by atoms with Gasteiger partial charge in [0.15, 0.2) is 0 Å². The molecule has 2 N–H and O–H groups in total. The van der Waals surface area contributed by atoms with Crippen LogP contribution in [0.2, 0.25) is 0 Å². The Morgan fingerprint density at radius 3 is 2.52 bits per heavy atom. The van der Waals surface area contributed by atoms with Gasteiger partial charge in [0, 0.05) is 24.1 Å². The van der Waals surface area contributed by atoms with Crippen LogP contribution < -0.4 is 15.4 Å². The minimum atomic E-state index is -4.80. The molecule has 1 atom stereocenters. The lowest BCUT2D eigenvalue weighted by Crippen LogP contribution is -2.39. The third-order valence-corrected chi connectivity index (χ3v) is 5.52. The van der Waals surface area contributed by atoms with Crippen LogP contribution in [0.15, 0.2) is 53.4 Å². The Morgan fingerprint density at radius 2 is 1.84 bits per heavy atom. The first-order valence-electron chi connectivity index (χ1n) is 9.07. The standard InChI is InChI=1S/C20H18F3N3O4S/c1-26(11-17(27)24-12-6-8-13(9-7-12)30-20(21,22)23)18(28)10-16-19(29)25-14-4-2-3-5-15(14)31-16/h2-9,16H,10-11H2,1H3,(H,24,27)(H,25,29). The maximum atomic E-state index is 12.5. The van der Waals surface area contributed by atoms with Crippen molar-refractivity contribution < 1.29 is 32.3 Å². The molecule has 0 bridgehead atoms. The van der Waals surface area contributed by atoms with E-state index < -0.39 is 29.2 Å². The van der Waals surface area contributed by atoms with Crippen molar-refractivity contribution in [1.82, 2.24) is 4.90 Å². The Balaban J connectivity index is 1.50. The zero-order chi connectivity index (χ0) is 22.6. The number of likely N-dealkylation sites (N-methyl/N-ethyl adjacent to an activating group) is 1. The molecule has 2 aromatic rings. The highest BCUT2D eigenvalue weighted by Crippen LogP contribution is 2.36. The van der Waals surface area contributed by atoms with Gasteiger partial charge in [-0.25, -0.2) is 0 Å². The predicted molar refractivity (Wildman–Crippen MR) is 109 cm³/mol. The van der Waals surface area contributed by atoms with Gasteiger partial charge in [-0.3, -0.25) is 14.4 Å². The number of fused-ring (bicyclic) bond motifs is 1. The van der Waals surface area contributed by atoms with E-state index in [-0.39, 0.29) is 24.6 Å². The molecule has 0 saturated heterocycles. The highest BCUT2D eigenvalue weighted by molar-refractivity contribution is 8.01. The predicted octanol–water partition coefficient (Wildman–Crippen LogP) is 3.49. The number of amides is 3. The third-order valence-electron chi connectivity index (χ3n) is 4.24. The van der Waals surface area contributed by atoms with E-state index in [1.54, 1.807) is 12.1 Å². The van der Waals surface area contributed by atoms with Crippen molar-refractivity contribution in [2.75, 3.05) is 24.2 Å². The number of nitrogens with one attached hydrogen (secondary N) is 2. The van der Waals surface area contributed by atoms with Crippen LogP contribution in [-0.4, -0.2) is 47.8 Å². The Labute approximate surface area is 179 Å². The molecule has 2 aromatic carbocycles. The topological polar surface area (TPSA) is 87.7 Å². The van der Waals surface area contributed by atoms with Gasteiger partial charge in [-0.2, -0.15) is 0 Å². The van der Waals surface area contributed by atoms with Gasteiger partial charge in [0.05, 0.1) is 17.5 Å². The van der Waals surface area contributed by atoms with E-state index in [1.807, 2.05) is 12.1 Å². The maximum Gasteiger partial charge on any atom is 0.573 e. The molecule has 1 heterocycles. The zero-order valence-corrected chi connectivity index (χ0v) is 17.0. The number of carbonyl (C=O) groups excluding carboxylic acids is 3. The Bertz CT molecular complexity index is 982. The minimum Gasteiger partial charge on any atom is -0.406 e. The highest BCUT2D eigenvalue weighted by atomic mass is 32.2. The summed E-state index contributed by atoms with van der Waals surface area (Å²) < 4.78 is 40.3. The first kappa shape index (κ1) is 22.5. The Morgan fingerprint density at radius 1 is 1.16 bits per heavy atom. The van der Waals surface area contributed by atoms with E-state index in [9.17, 15) is 27.6 Å². The van der Waals surface area contributed by atoms with Gasteiger partial charge in [-0.05, 0) is 36.4 Å². The van der Waals surface area contributed by atoms with Crippen LogP contribution in [0.5, 0.6) is 5.75 Å². The number of benzene rings is 2. The average Bonchev–Trinajstić information content (AvgIpc) is 2.68. The number of ether oxygens (including phenoxy) is 1. The van der Waals surface area contributed by atoms with Gasteiger partial charge < -0.3 is 20.3 Å². The van der Waals surface area contributed by atoms with Crippen molar-refractivity contribution in [3.05, 3.63) is 48.5 Å². The van der Waals surface area contributed by atoms with Gasteiger partial charge in [0.1, 0.15) is 5.75 Å². The molecule has 1 aliphatic rings. The number of para-hydroxylation sites is 1. The smallest absolute Gasteiger partial charge is 0.406 e. The molecular formula is C20H18F3N3O4S.